The second-order valence-electron chi connectivity index (χ2n) is 4.54. The normalized spacial score (nSPS) is 16.2. The number of rotatable bonds is 2. The van der Waals surface area contributed by atoms with Crippen LogP contribution in [0.5, 0.6) is 0 Å². The van der Waals surface area contributed by atoms with Crippen LogP contribution < -0.4 is 0 Å². The Morgan fingerprint density at radius 2 is 0.750 bits per heavy atom. The summed E-state index contributed by atoms with van der Waals surface area (Å²) in [6.45, 7) is 8.00. The van der Waals surface area contributed by atoms with E-state index in [0.717, 1.165) is 11.8 Å². The van der Waals surface area contributed by atoms with E-state index in [1.807, 2.05) is 27.7 Å². The van der Waals surface area contributed by atoms with Gasteiger partial charge in [0.2, 0.25) is 0 Å². The van der Waals surface area contributed by atoms with E-state index in [9.17, 15) is 0 Å². The van der Waals surface area contributed by atoms with Gasteiger partial charge in [0.1, 0.15) is 0 Å². The molecular weight excluding hydrogens is 319 g/mol. The molecule has 0 amide bonds. The number of hydrogen-bond donors (Lipinski definition) is 0. The SMILES string of the molecule is C1CCC(CC2CCCC2)C1.CC.CC.[CH3-].[CH3-].[CH3-].[CH3-].[Zr+4]. The maximum atomic E-state index is 2.00. The molecule has 1 heteroatoms. The van der Waals surface area contributed by atoms with Crippen LogP contribution in [0.1, 0.15) is 85.5 Å². The van der Waals surface area contributed by atoms with Crippen molar-refractivity contribution in [3.63, 3.8) is 0 Å². The predicted molar refractivity (Wildman–Crippen MR) is 96.9 cm³/mol. The zero-order valence-corrected chi connectivity index (χ0v) is 18.5. The summed E-state index contributed by atoms with van der Waals surface area (Å²) in [5.41, 5.74) is 0. The van der Waals surface area contributed by atoms with Gasteiger partial charge in [-0.2, -0.15) is 0 Å². The van der Waals surface area contributed by atoms with Crippen LogP contribution in [0.2, 0.25) is 0 Å². The molecule has 0 N–H and O–H groups in total. The maximum absolute atomic E-state index is 2.00. The summed E-state index contributed by atoms with van der Waals surface area (Å²) in [6.07, 6.45) is 13.9. The molecule has 0 spiro atoms. The zero-order valence-electron chi connectivity index (χ0n) is 16.0. The van der Waals surface area contributed by atoms with E-state index in [1.165, 1.54) is 25.7 Å². The Balaban J connectivity index is -0.0000000506. The summed E-state index contributed by atoms with van der Waals surface area (Å²) in [7, 11) is 0. The summed E-state index contributed by atoms with van der Waals surface area (Å²) >= 11 is 0. The average molecular weight is 364 g/mol. The van der Waals surface area contributed by atoms with Gasteiger partial charge in [0.15, 0.2) is 0 Å². The van der Waals surface area contributed by atoms with Gasteiger partial charge in [-0.05, 0) is 18.3 Å². The molecule has 0 bridgehead atoms. The molecule has 0 nitrogen and oxygen atoms in total. The van der Waals surface area contributed by atoms with Crippen LogP contribution in [0, 0.1) is 41.5 Å². The molecule has 0 atom stereocenters. The van der Waals surface area contributed by atoms with Gasteiger partial charge >= 0.3 is 26.2 Å². The molecule has 2 fully saturated rings. The molecule has 0 aromatic carbocycles. The molecular formula is C19H44Zr. The van der Waals surface area contributed by atoms with Crippen LogP contribution in [0.25, 0.3) is 0 Å². The van der Waals surface area contributed by atoms with Crippen molar-refractivity contribution in [2.45, 2.75) is 85.5 Å². The van der Waals surface area contributed by atoms with Crippen molar-refractivity contribution in [2.75, 3.05) is 0 Å². The van der Waals surface area contributed by atoms with Crippen molar-refractivity contribution in [2.24, 2.45) is 11.8 Å². The molecule has 2 rings (SSSR count). The Morgan fingerprint density at radius 3 is 0.950 bits per heavy atom. The van der Waals surface area contributed by atoms with Gasteiger partial charge < -0.3 is 29.7 Å². The van der Waals surface area contributed by atoms with Crippen molar-refractivity contribution >= 4 is 0 Å². The van der Waals surface area contributed by atoms with E-state index in [0.29, 0.717) is 0 Å². The Hall–Kier alpha value is 0.883. The molecule has 0 heterocycles. The first-order valence-corrected chi connectivity index (χ1v) is 7.45. The van der Waals surface area contributed by atoms with E-state index in [1.54, 1.807) is 32.1 Å². The minimum absolute atomic E-state index is 0. The van der Waals surface area contributed by atoms with Gasteiger partial charge in [0.25, 0.3) is 0 Å². The fraction of sp³-hybridized carbons (Fsp3) is 0.789. The van der Waals surface area contributed by atoms with Crippen molar-refractivity contribution in [1.82, 2.24) is 0 Å². The van der Waals surface area contributed by atoms with Gasteiger partial charge in [-0.25, -0.2) is 0 Å². The minimum Gasteiger partial charge on any atom is -0.358 e. The van der Waals surface area contributed by atoms with Gasteiger partial charge in [-0.1, -0.05) is 79.1 Å². The molecule has 0 unspecified atom stereocenters. The fourth-order valence-electron chi connectivity index (χ4n) is 2.96. The Morgan fingerprint density at radius 1 is 0.550 bits per heavy atom. The Bertz CT molecular complexity index is 96.9. The zero-order chi connectivity index (χ0) is 11.5. The molecule has 0 radical (unpaired) electrons. The molecule has 0 aromatic rings. The van der Waals surface area contributed by atoms with E-state index in [-0.39, 0.29) is 55.9 Å². The summed E-state index contributed by atoms with van der Waals surface area (Å²) in [6, 6.07) is 0. The molecule has 20 heavy (non-hydrogen) atoms. The predicted octanol–water partition coefficient (Wildman–Crippen LogP) is 7.61. The third-order valence-corrected chi connectivity index (χ3v) is 3.62. The fourth-order valence-corrected chi connectivity index (χ4v) is 2.96. The molecule has 0 saturated heterocycles. The molecule has 124 valence electrons. The minimum atomic E-state index is 0. The van der Waals surface area contributed by atoms with Crippen LogP contribution >= 0.6 is 0 Å². The maximum Gasteiger partial charge on any atom is 4.00 e. The van der Waals surface area contributed by atoms with Gasteiger partial charge in [0.05, 0.1) is 0 Å². The summed E-state index contributed by atoms with van der Waals surface area (Å²) in [5, 5.41) is 0. The molecule has 2 aliphatic rings. The van der Waals surface area contributed by atoms with Crippen molar-refractivity contribution in [1.29, 1.82) is 0 Å². The van der Waals surface area contributed by atoms with Gasteiger partial charge in [-0.3, -0.25) is 0 Å². The monoisotopic (exact) mass is 362 g/mol. The van der Waals surface area contributed by atoms with E-state index >= 15 is 0 Å². The third kappa shape index (κ3) is 16.9. The second-order valence-corrected chi connectivity index (χ2v) is 4.54. The number of hydrogen-bond acceptors (Lipinski definition) is 0. The van der Waals surface area contributed by atoms with Crippen LogP contribution in [-0.2, 0) is 26.2 Å². The van der Waals surface area contributed by atoms with Gasteiger partial charge in [0, 0.05) is 0 Å². The van der Waals surface area contributed by atoms with Crippen LogP contribution in [0.3, 0.4) is 0 Å². The summed E-state index contributed by atoms with van der Waals surface area (Å²) < 4.78 is 0. The standard InChI is InChI=1S/C11H20.2C2H6.4CH3.Zr/c1-2-6-10(5-1)9-11-7-3-4-8-11;2*1-2;;;;;/h10-11H,1-9H2;2*1-2H3;4*1H3;/q;;;4*-1;+4. The Labute approximate surface area is 153 Å². The molecule has 0 aliphatic heterocycles. The molecule has 0 aromatic heterocycles. The Kier molecular flexibility index (Phi) is 52.4. The van der Waals surface area contributed by atoms with Crippen LogP contribution in [0.4, 0.5) is 0 Å². The molecule has 2 saturated carbocycles. The van der Waals surface area contributed by atoms with Gasteiger partial charge in [-0.15, -0.1) is 0 Å². The van der Waals surface area contributed by atoms with E-state index < -0.39 is 0 Å². The summed E-state index contributed by atoms with van der Waals surface area (Å²) in [4.78, 5) is 0. The van der Waals surface area contributed by atoms with E-state index in [4.69, 9.17) is 0 Å². The van der Waals surface area contributed by atoms with Crippen molar-refractivity contribution in [3.8, 4) is 0 Å². The first-order chi connectivity index (χ1) is 7.45. The largest absolute Gasteiger partial charge is 4.00 e. The quantitative estimate of drug-likeness (QED) is 0.443. The van der Waals surface area contributed by atoms with Crippen molar-refractivity contribution in [3.05, 3.63) is 29.7 Å². The smallest absolute Gasteiger partial charge is 0.358 e. The second kappa shape index (κ2) is 28.1. The molecule has 2 aliphatic carbocycles. The van der Waals surface area contributed by atoms with Crippen LogP contribution in [0.15, 0.2) is 0 Å². The third-order valence-electron chi connectivity index (χ3n) is 3.62. The topological polar surface area (TPSA) is 0 Å². The average Bonchev–Trinajstić information content (AvgIpc) is 2.98. The van der Waals surface area contributed by atoms with Crippen molar-refractivity contribution < 1.29 is 26.2 Å². The van der Waals surface area contributed by atoms with Crippen LogP contribution in [-0.4, -0.2) is 0 Å². The first-order valence-electron chi connectivity index (χ1n) is 7.45. The summed E-state index contributed by atoms with van der Waals surface area (Å²) in [5.74, 6) is 2.27. The van der Waals surface area contributed by atoms with E-state index in [2.05, 4.69) is 0 Å². The first kappa shape index (κ1) is 37.3.